The van der Waals surface area contributed by atoms with Crippen LogP contribution in [0.3, 0.4) is 0 Å². The monoisotopic (exact) mass is 229 g/mol. The van der Waals surface area contributed by atoms with Gasteiger partial charge in [0.15, 0.2) is 0 Å². The number of aliphatic hydroxyl groups is 1. The molecule has 2 N–H and O–H groups in total. The summed E-state index contributed by atoms with van der Waals surface area (Å²) >= 11 is 0. The Balaban J connectivity index is 2.65. The van der Waals surface area contributed by atoms with Crippen molar-refractivity contribution in [3.05, 3.63) is 35.4 Å². The van der Waals surface area contributed by atoms with Gasteiger partial charge in [-0.05, 0) is 19.9 Å². The van der Waals surface area contributed by atoms with Gasteiger partial charge in [0.2, 0.25) is 0 Å². The molecule has 0 bridgehead atoms. The first-order valence-electron chi connectivity index (χ1n) is 4.75. The van der Waals surface area contributed by atoms with Crippen LogP contribution >= 0.6 is 0 Å². The van der Waals surface area contributed by atoms with Crippen LogP contribution in [0.1, 0.15) is 19.4 Å². The Hall–Kier alpha value is -1.49. The first kappa shape index (κ1) is 12.6. The molecule has 5 heteroatoms. The Morgan fingerprint density at radius 2 is 2.06 bits per heavy atom. The lowest BCUT2D eigenvalue weighted by molar-refractivity contribution is -0.136. The molecule has 0 aliphatic rings. The molecule has 0 saturated heterocycles. The molecule has 3 nitrogen and oxygen atoms in total. The molecule has 0 radical (unpaired) electrons. The number of amides is 1. The standard InChI is InChI=1S/C11H13F2NO2/c1-11(2,16)10(15)14-6-7-3-4-8(12)5-9(7)13/h3-5,16H,6H2,1-2H3,(H,14,15). The molecule has 0 spiro atoms. The maximum Gasteiger partial charge on any atom is 0.251 e. The summed E-state index contributed by atoms with van der Waals surface area (Å²) in [5.74, 6) is -2.01. The molecular weight excluding hydrogens is 216 g/mol. The summed E-state index contributed by atoms with van der Waals surface area (Å²) < 4.78 is 25.7. The number of hydrogen-bond acceptors (Lipinski definition) is 2. The minimum absolute atomic E-state index is 0.0884. The largest absolute Gasteiger partial charge is 0.381 e. The van der Waals surface area contributed by atoms with Crippen molar-refractivity contribution in [2.75, 3.05) is 0 Å². The minimum Gasteiger partial charge on any atom is -0.381 e. The van der Waals surface area contributed by atoms with E-state index in [1.165, 1.54) is 19.9 Å². The molecule has 0 aliphatic carbocycles. The van der Waals surface area contributed by atoms with Crippen molar-refractivity contribution < 1.29 is 18.7 Å². The van der Waals surface area contributed by atoms with E-state index in [4.69, 9.17) is 0 Å². The van der Waals surface area contributed by atoms with Crippen LogP contribution in [0.25, 0.3) is 0 Å². The molecule has 1 aromatic carbocycles. The molecule has 88 valence electrons. The third-order valence-electron chi connectivity index (χ3n) is 2.01. The number of hydrogen-bond donors (Lipinski definition) is 2. The number of rotatable bonds is 3. The second-order valence-corrected chi connectivity index (χ2v) is 3.98. The Labute approximate surface area is 92.1 Å². The van der Waals surface area contributed by atoms with Crippen molar-refractivity contribution >= 4 is 5.91 Å². The van der Waals surface area contributed by atoms with Crippen molar-refractivity contribution in [1.29, 1.82) is 0 Å². The van der Waals surface area contributed by atoms with E-state index in [1.807, 2.05) is 0 Å². The number of carbonyl (C=O) groups excluding carboxylic acids is 1. The quantitative estimate of drug-likeness (QED) is 0.822. The second kappa shape index (κ2) is 4.57. The average molecular weight is 229 g/mol. The fraction of sp³-hybridized carbons (Fsp3) is 0.364. The summed E-state index contributed by atoms with van der Waals surface area (Å²) in [6, 6.07) is 3.09. The van der Waals surface area contributed by atoms with Gasteiger partial charge in [0.1, 0.15) is 17.2 Å². The van der Waals surface area contributed by atoms with E-state index in [9.17, 15) is 18.7 Å². The van der Waals surface area contributed by atoms with E-state index in [0.717, 1.165) is 12.1 Å². The zero-order valence-electron chi connectivity index (χ0n) is 9.05. The maximum atomic E-state index is 13.1. The number of nitrogens with one attached hydrogen (secondary N) is 1. The molecule has 0 fully saturated rings. The number of benzene rings is 1. The van der Waals surface area contributed by atoms with Crippen LogP contribution in [-0.4, -0.2) is 16.6 Å². The predicted octanol–water partition coefficient (Wildman–Crippen LogP) is 1.35. The van der Waals surface area contributed by atoms with Gasteiger partial charge in [0.25, 0.3) is 5.91 Å². The third kappa shape index (κ3) is 3.27. The van der Waals surface area contributed by atoms with E-state index >= 15 is 0 Å². The predicted molar refractivity (Wildman–Crippen MR) is 54.5 cm³/mol. The lowest BCUT2D eigenvalue weighted by Gasteiger charge is -2.16. The van der Waals surface area contributed by atoms with Gasteiger partial charge in [0, 0.05) is 18.2 Å². The zero-order chi connectivity index (χ0) is 12.3. The van der Waals surface area contributed by atoms with Crippen molar-refractivity contribution in [3.63, 3.8) is 0 Å². The van der Waals surface area contributed by atoms with E-state index in [2.05, 4.69) is 5.32 Å². The molecule has 16 heavy (non-hydrogen) atoms. The molecule has 1 aromatic rings. The van der Waals surface area contributed by atoms with Crippen molar-refractivity contribution in [1.82, 2.24) is 5.32 Å². The van der Waals surface area contributed by atoms with Crippen LogP contribution in [0.2, 0.25) is 0 Å². The molecule has 0 aliphatic heterocycles. The third-order valence-corrected chi connectivity index (χ3v) is 2.01. The summed E-state index contributed by atoms with van der Waals surface area (Å²) in [5, 5.41) is 11.7. The zero-order valence-corrected chi connectivity index (χ0v) is 9.05. The van der Waals surface area contributed by atoms with Crippen LogP contribution in [0, 0.1) is 11.6 Å². The normalized spacial score (nSPS) is 11.3. The van der Waals surface area contributed by atoms with E-state index < -0.39 is 23.1 Å². The van der Waals surface area contributed by atoms with Gasteiger partial charge >= 0.3 is 0 Å². The highest BCUT2D eigenvalue weighted by Crippen LogP contribution is 2.09. The fourth-order valence-electron chi connectivity index (χ4n) is 1.06. The summed E-state index contributed by atoms with van der Waals surface area (Å²) in [6.45, 7) is 2.56. The molecule has 1 amide bonds. The van der Waals surface area contributed by atoms with Gasteiger partial charge in [-0.25, -0.2) is 8.78 Å². The van der Waals surface area contributed by atoms with E-state index in [-0.39, 0.29) is 12.1 Å². The van der Waals surface area contributed by atoms with Gasteiger partial charge in [-0.1, -0.05) is 6.07 Å². The Bertz CT molecular complexity index is 399. The van der Waals surface area contributed by atoms with Gasteiger partial charge < -0.3 is 10.4 Å². The van der Waals surface area contributed by atoms with Crippen LogP contribution in [-0.2, 0) is 11.3 Å². The van der Waals surface area contributed by atoms with Crippen LogP contribution in [0.4, 0.5) is 8.78 Å². The molecular formula is C11H13F2NO2. The highest BCUT2D eigenvalue weighted by Gasteiger charge is 2.23. The summed E-state index contributed by atoms with van der Waals surface area (Å²) in [7, 11) is 0. The Morgan fingerprint density at radius 1 is 1.44 bits per heavy atom. The molecule has 1 rings (SSSR count). The van der Waals surface area contributed by atoms with Crippen LogP contribution in [0.15, 0.2) is 18.2 Å². The number of carbonyl (C=O) groups is 1. The lowest BCUT2D eigenvalue weighted by Crippen LogP contribution is -2.41. The van der Waals surface area contributed by atoms with Crippen molar-refractivity contribution in [3.8, 4) is 0 Å². The highest BCUT2D eigenvalue weighted by molar-refractivity contribution is 5.83. The second-order valence-electron chi connectivity index (χ2n) is 3.98. The number of halogens is 2. The summed E-state index contributed by atoms with van der Waals surface area (Å²) in [4.78, 5) is 11.3. The SMILES string of the molecule is CC(C)(O)C(=O)NCc1ccc(F)cc1F. The Kier molecular flexibility index (Phi) is 3.59. The van der Waals surface area contributed by atoms with E-state index in [0.29, 0.717) is 0 Å². The van der Waals surface area contributed by atoms with Gasteiger partial charge in [0.05, 0.1) is 0 Å². The molecule has 0 heterocycles. The first-order chi connectivity index (χ1) is 7.30. The van der Waals surface area contributed by atoms with E-state index in [1.54, 1.807) is 0 Å². The minimum atomic E-state index is -1.52. The molecule has 0 saturated carbocycles. The van der Waals surface area contributed by atoms with Crippen molar-refractivity contribution in [2.45, 2.75) is 26.0 Å². The van der Waals surface area contributed by atoms with Gasteiger partial charge in [-0.15, -0.1) is 0 Å². The maximum absolute atomic E-state index is 13.1. The molecule has 0 unspecified atom stereocenters. The van der Waals surface area contributed by atoms with Crippen molar-refractivity contribution in [2.24, 2.45) is 0 Å². The van der Waals surface area contributed by atoms with Crippen LogP contribution in [0.5, 0.6) is 0 Å². The smallest absolute Gasteiger partial charge is 0.251 e. The first-order valence-corrected chi connectivity index (χ1v) is 4.75. The highest BCUT2D eigenvalue weighted by atomic mass is 19.1. The molecule has 0 atom stereocenters. The summed E-state index contributed by atoms with van der Waals surface area (Å²) in [6.07, 6.45) is 0. The Morgan fingerprint density at radius 3 is 2.56 bits per heavy atom. The topological polar surface area (TPSA) is 49.3 Å². The van der Waals surface area contributed by atoms with Gasteiger partial charge in [-0.2, -0.15) is 0 Å². The van der Waals surface area contributed by atoms with Crippen LogP contribution < -0.4 is 5.32 Å². The fourth-order valence-corrected chi connectivity index (χ4v) is 1.06. The average Bonchev–Trinajstić information content (AvgIpc) is 2.14. The van der Waals surface area contributed by atoms with Gasteiger partial charge in [-0.3, -0.25) is 4.79 Å². The molecule has 0 aromatic heterocycles. The summed E-state index contributed by atoms with van der Waals surface area (Å²) in [5.41, 5.74) is -1.35. The lowest BCUT2D eigenvalue weighted by atomic mass is 10.1.